The fraction of sp³-hybridized carbons (Fsp3) is 0.308. The molecule has 2 heterocycles. The van der Waals surface area contributed by atoms with Crippen LogP contribution in [0.15, 0.2) is 31.0 Å². The van der Waals surface area contributed by atoms with Crippen molar-refractivity contribution in [3.05, 3.63) is 41.6 Å². The molecule has 0 saturated heterocycles. The van der Waals surface area contributed by atoms with Gasteiger partial charge in [-0.15, -0.1) is 0 Å². The van der Waals surface area contributed by atoms with E-state index in [0.717, 1.165) is 6.54 Å². The van der Waals surface area contributed by atoms with E-state index in [-0.39, 0.29) is 5.91 Å². The third-order valence-electron chi connectivity index (χ3n) is 2.66. The molecule has 1 amide bonds. The SMILES string of the molecule is CCNc1ncc(C(=O)NCCn2ccnc2)cc1Cl. The van der Waals surface area contributed by atoms with Crippen molar-refractivity contribution >= 4 is 23.3 Å². The first-order valence-electron chi connectivity index (χ1n) is 6.34. The average Bonchev–Trinajstić information content (AvgIpc) is 2.94. The number of hydrogen-bond donors (Lipinski definition) is 2. The number of nitrogens with one attached hydrogen (secondary N) is 2. The highest BCUT2D eigenvalue weighted by Crippen LogP contribution is 2.19. The van der Waals surface area contributed by atoms with Crippen LogP contribution >= 0.6 is 11.6 Å². The lowest BCUT2D eigenvalue weighted by molar-refractivity contribution is 0.0952. The normalized spacial score (nSPS) is 10.3. The van der Waals surface area contributed by atoms with Gasteiger partial charge < -0.3 is 15.2 Å². The van der Waals surface area contributed by atoms with Gasteiger partial charge >= 0.3 is 0 Å². The van der Waals surface area contributed by atoms with Gasteiger partial charge in [0.15, 0.2) is 0 Å². The van der Waals surface area contributed by atoms with Gasteiger partial charge in [0, 0.05) is 38.2 Å². The summed E-state index contributed by atoms with van der Waals surface area (Å²) in [6.07, 6.45) is 6.76. The van der Waals surface area contributed by atoms with Crippen molar-refractivity contribution < 1.29 is 4.79 Å². The number of pyridine rings is 1. The topological polar surface area (TPSA) is 71.8 Å². The molecule has 0 fully saturated rings. The van der Waals surface area contributed by atoms with E-state index in [1.54, 1.807) is 18.6 Å². The van der Waals surface area contributed by atoms with Crippen LogP contribution in [0, 0.1) is 0 Å². The van der Waals surface area contributed by atoms with Crippen molar-refractivity contribution in [1.29, 1.82) is 0 Å². The minimum atomic E-state index is -0.192. The van der Waals surface area contributed by atoms with Crippen LogP contribution in [0.1, 0.15) is 17.3 Å². The Kier molecular flexibility index (Phi) is 4.95. The molecule has 0 bridgehead atoms. The molecule has 0 spiro atoms. The van der Waals surface area contributed by atoms with Gasteiger partial charge in [-0.25, -0.2) is 9.97 Å². The van der Waals surface area contributed by atoms with Crippen LogP contribution in [0.4, 0.5) is 5.82 Å². The zero-order valence-electron chi connectivity index (χ0n) is 11.1. The molecule has 20 heavy (non-hydrogen) atoms. The first-order chi connectivity index (χ1) is 9.70. The van der Waals surface area contributed by atoms with Crippen molar-refractivity contribution in [3.63, 3.8) is 0 Å². The average molecular weight is 294 g/mol. The summed E-state index contributed by atoms with van der Waals surface area (Å²) in [5, 5.41) is 6.27. The zero-order valence-corrected chi connectivity index (χ0v) is 11.9. The Labute approximate surface area is 122 Å². The van der Waals surface area contributed by atoms with Crippen molar-refractivity contribution in [2.45, 2.75) is 13.5 Å². The lowest BCUT2D eigenvalue weighted by Crippen LogP contribution is -2.27. The van der Waals surface area contributed by atoms with E-state index in [1.807, 2.05) is 17.7 Å². The maximum Gasteiger partial charge on any atom is 0.252 e. The Morgan fingerprint density at radius 3 is 3.00 bits per heavy atom. The predicted octanol–water partition coefficient (Wildman–Crippen LogP) is 1.79. The van der Waals surface area contributed by atoms with Crippen LogP contribution in [0.2, 0.25) is 5.02 Å². The maximum atomic E-state index is 11.9. The summed E-state index contributed by atoms with van der Waals surface area (Å²) in [6, 6.07) is 1.61. The summed E-state index contributed by atoms with van der Waals surface area (Å²) in [5.41, 5.74) is 0.447. The molecular weight excluding hydrogens is 278 g/mol. The van der Waals surface area contributed by atoms with Gasteiger partial charge in [0.05, 0.1) is 16.9 Å². The molecule has 106 valence electrons. The number of amides is 1. The maximum absolute atomic E-state index is 11.9. The van der Waals surface area contributed by atoms with Gasteiger partial charge in [-0.2, -0.15) is 0 Å². The molecular formula is C13H16ClN5O. The van der Waals surface area contributed by atoms with Crippen LogP contribution < -0.4 is 10.6 Å². The number of nitrogens with zero attached hydrogens (tertiary/aromatic N) is 3. The number of hydrogen-bond acceptors (Lipinski definition) is 4. The summed E-state index contributed by atoms with van der Waals surface area (Å²) in [4.78, 5) is 20.0. The number of anilines is 1. The number of rotatable bonds is 6. The van der Waals surface area contributed by atoms with Crippen LogP contribution in [0.5, 0.6) is 0 Å². The monoisotopic (exact) mass is 293 g/mol. The van der Waals surface area contributed by atoms with Gasteiger partial charge in [0.2, 0.25) is 0 Å². The summed E-state index contributed by atoms with van der Waals surface area (Å²) >= 11 is 6.05. The molecule has 0 aliphatic carbocycles. The molecule has 0 unspecified atom stereocenters. The van der Waals surface area contributed by atoms with Crippen molar-refractivity contribution in [2.75, 3.05) is 18.4 Å². The zero-order chi connectivity index (χ0) is 14.4. The highest BCUT2D eigenvalue weighted by Gasteiger charge is 2.09. The fourth-order valence-corrected chi connectivity index (χ4v) is 1.91. The predicted molar refractivity (Wildman–Crippen MR) is 78.0 cm³/mol. The van der Waals surface area contributed by atoms with Crippen LogP contribution in [-0.2, 0) is 6.54 Å². The van der Waals surface area contributed by atoms with Crippen molar-refractivity contribution in [1.82, 2.24) is 19.9 Å². The first kappa shape index (κ1) is 14.3. The Bertz CT molecular complexity index is 570. The van der Waals surface area contributed by atoms with Gasteiger partial charge in [-0.1, -0.05) is 11.6 Å². The standard InChI is InChI=1S/C13H16ClN5O/c1-2-16-12-11(14)7-10(8-18-12)13(20)17-4-6-19-5-3-15-9-19/h3,5,7-9H,2,4,6H2,1H3,(H,16,18)(H,17,20). The second-order valence-corrected chi connectivity index (χ2v) is 4.55. The van der Waals surface area contributed by atoms with Crippen molar-refractivity contribution in [2.24, 2.45) is 0 Å². The molecule has 0 saturated carbocycles. The molecule has 0 aliphatic heterocycles. The number of carbonyl (C=O) groups excluding carboxylic acids is 1. The lowest BCUT2D eigenvalue weighted by Gasteiger charge is -2.08. The second kappa shape index (κ2) is 6.91. The Morgan fingerprint density at radius 2 is 2.35 bits per heavy atom. The van der Waals surface area contributed by atoms with Gasteiger partial charge in [-0.3, -0.25) is 4.79 Å². The Morgan fingerprint density at radius 1 is 1.50 bits per heavy atom. The molecule has 0 radical (unpaired) electrons. The Hall–Kier alpha value is -2.08. The molecule has 0 aromatic carbocycles. The van der Waals surface area contributed by atoms with Gasteiger partial charge in [-0.05, 0) is 13.0 Å². The van der Waals surface area contributed by atoms with Crippen molar-refractivity contribution in [3.8, 4) is 0 Å². The van der Waals surface area contributed by atoms with Crippen LogP contribution in [0.3, 0.4) is 0 Å². The molecule has 2 N–H and O–H groups in total. The Balaban J connectivity index is 1.90. The van der Waals surface area contributed by atoms with E-state index in [0.29, 0.717) is 29.5 Å². The quantitative estimate of drug-likeness (QED) is 0.852. The minimum absolute atomic E-state index is 0.192. The van der Waals surface area contributed by atoms with E-state index in [9.17, 15) is 4.79 Å². The third kappa shape index (κ3) is 3.71. The molecule has 7 heteroatoms. The number of imidazole rings is 1. The van der Waals surface area contributed by atoms with E-state index in [1.165, 1.54) is 6.20 Å². The van der Waals surface area contributed by atoms with Gasteiger partial charge in [0.1, 0.15) is 5.82 Å². The molecule has 2 aromatic heterocycles. The lowest BCUT2D eigenvalue weighted by atomic mass is 10.2. The molecule has 2 aromatic rings. The van der Waals surface area contributed by atoms with Crippen LogP contribution in [0.25, 0.3) is 0 Å². The highest BCUT2D eigenvalue weighted by molar-refractivity contribution is 6.33. The van der Waals surface area contributed by atoms with Crippen LogP contribution in [-0.4, -0.2) is 33.5 Å². The largest absolute Gasteiger partial charge is 0.369 e. The molecule has 6 nitrogen and oxygen atoms in total. The summed E-state index contributed by atoms with van der Waals surface area (Å²) < 4.78 is 1.89. The highest BCUT2D eigenvalue weighted by atomic mass is 35.5. The first-order valence-corrected chi connectivity index (χ1v) is 6.72. The van der Waals surface area contributed by atoms with E-state index in [2.05, 4.69) is 20.6 Å². The van der Waals surface area contributed by atoms with E-state index < -0.39 is 0 Å². The second-order valence-electron chi connectivity index (χ2n) is 4.14. The summed E-state index contributed by atoms with van der Waals surface area (Å²) in [5.74, 6) is 0.395. The summed E-state index contributed by atoms with van der Waals surface area (Å²) in [6.45, 7) is 3.86. The molecule has 2 rings (SSSR count). The molecule has 0 atom stereocenters. The smallest absolute Gasteiger partial charge is 0.252 e. The third-order valence-corrected chi connectivity index (χ3v) is 2.95. The van der Waals surface area contributed by atoms with E-state index in [4.69, 9.17) is 11.6 Å². The van der Waals surface area contributed by atoms with E-state index >= 15 is 0 Å². The number of halogens is 1. The number of aromatic nitrogens is 3. The fourth-order valence-electron chi connectivity index (χ4n) is 1.68. The number of carbonyl (C=O) groups is 1. The molecule has 0 aliphatic rings. The van der Waals surface area contributed by atoms with Gasteiger partial charge in [0.25, 0.3) is 5.91 Å². The minimum Gasteiger partial charge on any atom is -0.369 e. The summed E-state index contributed by atoms with van der Waals surface area (Å²) in [7, 11) is 0.